The number of hydrogen-bond acceptors (Lipinski definition) is 3. The fourth-order valence-corrected chi connectivity index (χ4v) is 2.97. The fourth-order valence-electron chi connectivity index (χ4n) is 2.97. The minimum absolute atomic E-state index is 0.461. The molecular formula is C18H26N2O. The van der Waals surface area contributed by atoms with Crippen molar-refractivity contribution in [2.45, 2.75) is 45.1 Å². The molecule has 0 saturated heterocycles. The Morgan fingerprint density at radius 2 is 1.86 bits per heavy atom. The van der Waals surface area contributed by atoms with E-state index in [4.69, 9.17) is 10.00 Å². The lowest BCUT2D eigenvalue weighted by Gasteiger charge is -2.33. The minimum atomic E-state index is 0.461. The molecule has 0 unspecified atom stereocenters. The molecule has 0 atom stereocenters. The van der Waals surface area contributed by atoms with Crippen LogP contribution in [0, 0.1) is 17.2 Å². The Morgan fingerprint density at radius 1 is 1.19 bits per heavy atom. The Hall–Kier alpha value is -1.53. The molecule has 1 aromatic carbocycles. The molecule has 0 bridgehead atoms. The van der Waals surface area contributed by atoms with Crippen molar-refractivity contribution in [2.75, 3.05) is 20.2 Å². The van der Waals surface area contributed by atoms with Gasteiger partial charge in [-0.1, -0.05) is 19.1 Å². The summed E-state index contributed by atoms with van der Waals surface area (Å²) in [5.41, 5.74) is 1.04. The number of benzene rings is 1. The lowest BCUT2D eigenvalue weighted by atomic mass is 9.87. The molecule has 1 aliphatic carbocycles. The molecule has 1 aliphatic rings. The van der Waals surface area contributed by atoms with E-state index in [1.165, 1.54) is 25.7 Å². The monoisotopic (exact) mass is 286 g/mol. The van der Waals surface area contributed by atoms with Crippen LogP contribution < -0.4 is 4.74 Å². The average Bonchev–Trinajstić information content (AvgIpc) is 2.50. The third-order valence-corrected chi connectivity index (χ3v) is 4.53. The van der Waals surface area contributed by atoms with Crippen LogP contribution in [-0.2, 0) is 6.42 Å². The summed E-state index contributed by atoms with van der Waals surface area (Å²) in [5, 5.41) is 8.64. The van der Waals surface area contributed by atoms with E-state index in [9.17, 15) is 0 Å². The van der Waals surface area contributed by atoms with Gasteiger partial charge >= 0.3 is 0 Å². The second-order valence-corrected chi connectivity index (χ2v) is 6.22. The Labute approximate surface area is 128 Å². The molecule has 3 heteroatoms. The third-order valence-electron chi connectivity index (χ3n) is 4.53. The van der Waals surface area contributed by atoms with Gasteiger partial charge in [0.25, 0.3) is 0 Å². The van der Waals surface area contributed by atoms with Gasteiger partial charge in [-0.15, -0.1) is 0 Å². The summed E-state index contributed by atoms with van der Waals surface area (Å²) in [6.45, 7) is 4.05. The first-order valence-corrected chi connectivity index (χ1v) is 7.98. The second-order valence-electron chi connectivity index (χ2n) is 6.22. The average molecular weight is 286 g/mol. The molecule has 2 rings (SSSR count). The SMILES string of the molecule is CC1CCC(N(C)CCOc2ccc(CC#N)cc2)CC1. The van der Waals surface area contributed by atoms with Crippen LogP contribution in [0.15, 0.2) is 24.3 Å². The summed E-state index contributed by atoms with van der Waals surface area (Å²) in [6, 6.07) is 10.7. The van der Waals surface area contributed by atoms with Gasteiger partial charge in [0.1, 0.15) is 12.4 Å². The van der Waals surface area contributed by atoms with E-state index in [1.54, 1.807) is 0 Å². The summed E-state index contributed by atoms with van der Waals surface area (Å²) in [6.07, 6.45) is 5.82. The standard InChI is InChI=1S/C18H26N2O/c1-15-3-7-17(8-4-15)20(2)13-14-21-18-9-5-16(6-10-18)11-12-19/h5-6,9-10,15,17H,3-4,7-8,11,13-14H2,1-2H3. The fraction of sp³-hybridized carbons (Fsp3) is 0.611. The maximum atomic E-state index is 8.64. The molecule has 0 radical (unpaired) electrons. The van der Waals surface area contributed by atoms with Crippen LogP contribution >= 0.6 is 0 Å². The molecule has 0 aliphatic heterocycles. The van der Waals surface area contributed by atoms with E-state index in [-0.39, 0.29) is 0 Å². The van der Waals surface area contributed by atoms with Gasteiger partial charge in [0, 0.05) is 12.6 Å². The highest BCUT2D eigenvalue weighted by Gasteiger charge is 2.21. The van der Waals surface area contributed by atoms with E-state index in [0.29, 0.717) is 6.42 Å². The first-order chi connectivity index (χ1) is 10.2. The smallest absolute Gasteiger partial charge is 0.119 e. The van der Waals surface area contributed by atoms with Gasteiger partial charge in [-0.05, 0) is 56.3 Å². The molecular weight excluding hydrogens is 260 g/mol. The maximum Gasteiger partial charge on any atom is 0.119 e. The van der Waals surface area contributed by atoms with Gasteiger partial charge < -0.3 is 9.64 Å². The van der Waals surface area contributed by atoms with E-state index < -0.39 is 0 Å². The first-order valence-electron chi connectivity index (χ1n) is 7.98. The number of ether oxygens (including phenoxy) is 1. The molecule has 0 heterocycles. The van der Waals surface area contributed by atoms with Crippen molar-refractivity contribution in [3.05, 3.63) is 29.8 Å². The van der Waals surface area contributed by atoms with Crippen LogP contribution in [0.1, 0.15) is 38.2 Å². The van der Waals surface area contributed by atoms with E-state index in [2.05, 4.69) is 24.9 Å². The molecule has 0 spiro atoms. The number of likely N-dealkylation sites (N-methyl/N-ethyl adjacent to an activating group) is 1. The normalized spacial score (nSPS) is 22.0. The van der Waals surface area contributed by atoms with Crippen LogP contribution in [-0.4, -0.2) is 31.1 Å². The topological polar surface area (TPSA) is 36.3 Å². The molecule has 21 heavy (non-hydrogen) atoms. The van der Waals surface area contributed by atoms with E-state index in [1.807, 2.05) is 24.3 Å². The van der Waals surface area contributed by atoms with Gasteiger partial charge in [0.15, 0.2) is 0 Å². The molecule has 1 fully saturated rings. The highest BCUT2D eigenvalue weighted by atomic mass is 16.5. The molecule has 1 aromatic rings. The van der Waals surface area contributed by atoms with Crippen molar-refractivity contribution in [2.24, 2.45) is 5.92 Å². The molecule has 0 amide bonds. The lowest BCUT2D eigenvalue weighted by Crippen LogP contribution is -2.37. The Balaban J connectivity index is 1.70. The zero-order valence-corrected chi connectivity index (χ0v) is 13.2. The Morgan fingerprint density at radius 3 is 2.48 bits per heavy atom. The molecule has 0 aromatic heterocycles. The van der Waals surface area contributed by atoms with Crippen LogP contribution in [0.4, 0.5) is 0 Å². The maximum absolute atomic E-state index is 8.64. The van der Waals surface area contributed by atoms with E-state index >= 15 is 0 Å². The van der Waals surface area contributed by atoms with Gasteiger partial charge in [-0.2, -0.15) is 5.26 Å². The second kappa shape index (κ2) is 8.05. The van der Waals surface area contributed by atoms with Crippen LogP contribution in [0.2, 0.25) is 0 Å². The third kappa shape index (κ3) is 5.06. The van der Waals surface area contributed by atoms with Crippen molar-refractivity contribution in [3.63, 3.8) is 0 Å². The molecule has 3 nitrogen and oxygen atoms in total. The molecule has 114 valence electrons. The zero-order valence-electron chi connectivity index (χ0n) is 13.2. The van der Waals surface area contributed by atoms with Gasteiger partial charge in [-0.3, -0.25) is 0 Å². The summed E-state index contributed by atoms with van der Waals surface area (Å²) in [4.78, 5) is 2.44. The predicted octanol–water partition coefficient (Wildman–Crippen LogP) is 3.64. The lowest BCUT2D eigenvalue weighted by molar-refractivity contribution is 0.145. The predicted molar refractivity (Wildman–Crippen MR) is 85.3 cm³/mol. The van der Waals surface area contributed by atoms with Crippen LogP contribution in [0.25, 0.3) is 0 Å². The Bertz CT molecular complexity index is 455. The summed E-state index contributed by atoms with van der Waals surface area (Å²) < 4.78 is 5.80. The number of nitriles is 1. The van der Waals surface area contributed by atoms with Gasteiger partial charge in [-0.25, -0.2) is 0 Å². The van der Waals surface area contributed by atoms with Crippen LogP contribution in [0.3, 0.4) is 0 Å². The zero-order chi connectivity index (χ0) is 15.1. The van der Waals surface area contributed by atoms with Crippen molar-refractivity contribution in [3.8, 4) is 11.8 Å². The van der Waals surface area contributed by atoms with Crippen molar-refractivity contribution in [1.29, 1.82) is 5.26 Å². The van der Waals surface area contributed by atoms with Crippen LogP contribution in [0.5, 0.6) is 5.75 Å². The highest BCUT2D eigenvalue weighted by molar-refractivity contribution is 5.28. The van der Waals surface area contributed by atoms with Crippen molar-refractivity contribution < 1.29 is 4.74 Å². The first kappa shape index (κ1) is 15.9. The summed E-state index contributed by atoms with van der Waals surface area (Å²) in [5.74, 6) is 1.79. The van der Waals surface area contributed by atoms with Crippen molar-refractivity contribution in [1.82, 2.24) is 4.90 Å². The molecule has 0 N–H and O–H groups in total. The summed E-state index contributed by atoms with van der Waals surface area (Å²) in [7, 11) is 2.21. The quantitative estimate of drug-likeness (QED) is 0.801. The number of hydrogen-bond donors (Lipinski definition) is 0. The highest BCUT2D eigenvalue weighted by Crippen LogP contribution is 2.26. The van der Waals surface area contributed by atoms with Gasteiger partial charge in [0.05, 0.1) is 12.5 Å². The largest absolute Gasteiger partial charge is 0.492 e. The number of rotatable bonds is 6. The number of nitrogens with zero attached hydrogens (tertiary/aromatic N) is 2. The van der Waals surface area contributed by atoms with Crippen molar-refractivity contribution >= 4 is 0 Å². The van der Waals surface area contributed by atoms with E-state index in [0.717, 1.165) is 36.4 Å². The Kier molecular flexibility index (Phi) is 6.07. The van der Waals surface area contributed by atoms with Gasteiger partial charge in [0.2, 0.25) is 0 Å². The summed E-state index contributed by atoms with van der Waals surface area (Å²) >= 11 is 0. The minimum Gasteiger partial charge on any atom is -0.492 e. The molecule has 1 saturated carbocycles.